The number of piperidine rings is 1. The fourth-order valence-corrected chi connectivity index (χ4v) is 5.80. The fraction of sp³-hybridized carbons (Fsp3) is 0.500. The number of hydrogen-bond donors (Lipinski definition) is 1. The van der Waals surface area contributed by atoms with Crippen molar-refractivity contribution in [2.24, 2.45) is 5.41 Å². The lowest BCUT2D eigenvalue weighted by molar-refractivity contribution is -0.136. The number of nitrogens with zero attached hydrogens (tertiary/aromatic N) is 3. The van der Waals surface area contributed by atoms with E-state index in [1.165, 1.54) is 12.1 Å². The lowest BCUT2D eigenvalue weighted by Crippen LogP contribution is -2.38. The molecule has 7 nitrogen and oxygen atoms in total. The van der Waals surface area contributed by atoms with E-state index in [0.29, 0.717) is 26.2 Å². The number of aromatic nitrogens is 1. The van der Waals surface area contributed by atoms with Crippen molar-refractivity contribution in [3.8, 4) is 16.9 Å². The molecule has 1 aromatic heterocycles. The van der Waals surface area contributed by atoms with Crippen molar-refractivity contribution in [3.05, 3.63) is 76.9 Å². The average Bonchev–Trinajstić information content (AvgIpc) is 3.00. The van der Waals surface area contributed by atoms with Crippen molar-refractivity contribution in [3.63, 3.8) is 0 Å². The second kappa shape index (κ2) is 15.5. The normalized spacial score (nSPS) is 14.7. The molecule has 3 aromatic rings. The Hall–Kier alpha value is -3.49. The first-order valence-electron chi connectivity index (χ1n) is 15.9. The van der Waals surface area contributed by atoms with Crippen LogP contribution in [0.2, 0.25) is 0 Å². The van der Waals surface area contributed by atoms with Gasteiger partial charge in [0.15, 0.2) is 0 Å². The van der Waals surface area contributed by atoms with Crippen LogP contribution in [0.15, 0.2) is 48.5 Å². The van der Waals surface area contributed by atoms with E-state index in [-0.39, 0.29) is 17.7 Å². The van der Waals surface area contributed by atoms with Gasteiger partial charge in [0.05, 0.1) is 37.6 Å². The topological polar surface area (TPSA) is 75.1 Å². The molecule has 0 amide bonds. The van der Waals surface area contributed by atoms with E-state index in [1.54, 1.807) is 12.1 Å². The van der Waals surface area contributed by atoms with Gasteiger partial charge in [-0.3, -0.25) is 9.78 Å². The van der Waals surface area contributed by atoms with Gasteiger partial charge in [0.1, 0.15) is 11.6 Å². The third-order valence-electron chi connectivity index (χ3n) is 8.71. The van der Waals surface area contributed by atoms with E-state index in [4.69, 9.17) is 14.5 Å². The zero-order valence-corrected chi connectivity index (χ0v) is 27.0. The van der Waals surface area contributed by atoms with Gasteiger partial charge in [-0.15, -0.1) is 0 Å². The van der Waals surface area contributed by atoms with Gasteiger partial charge in [-0.25, -0.2) is 4.39 Å². The molecule has 0 saturated carbocycles. The SMILES string of the molecule is CCN(CC)CCOCc1nc(C)c(CC(=O)O)c(N2CCC(C)(C)CC2)c1-c1ccc(OCCc2ccc(F)cc2)cc1. The molecular weight excluding hydrogens is 557 g/mol. The van der Waals surface area contributed by atoms with Gasteiger partial charge in [-0.05, 0) is 73.7 Å². The van der Waals surface area contributed by atoms with Crippen LogP contribution in [0.5, 0.6) is 5.75 Å². The summed E-state index contributed by atoms with van der Waals surface area (Å²) in [6, 6.07) is 14.4. The summed E-state index contributed by atoms with van der Waals surface area (Å²) < 4.78 is 25.5. The van der Waals surface area contributed by atoms with Crippen LogP contribution in [0.4, 0.5) is 10.1 Å². The molecule has 0 unspecified atom stereocenters. The number of aliphatic carboxylic acids is 1. The number of anilines is 1. The van der Waals surface area contributed by atoms with Crippen LogP contribution < -0.4 is 9.64 Å². The molecule has 2 aromatic carbocycles. The third-order valence-corrected chi connectivity index (χ3v) is 8.71. The Morgan fingerprint density at radius 3 is 2.30 bits per heavy atom. The van der Waals surface area contributed by atoms with Crippen molar-refractivity contribution in [1.29, 1.82) is 0 Å². The van der Waals surface area contributed by atoms with Gasteiger partial charge in [-0.2, -0.15) is 0 Å². The predicted octanol–water partition coefficient (Wildman–Crippen LogP) is 6.93. The number of ether oxygens (including phenoxy) is 2. The van der Waals surface area contributed by atoms with Crippen molar-refractivity contribution in [1.82, 2.24) is 9.88 Å². The van der Waals surface area contributed by atoms with E-state index in [2.05, 4.69) is 37.5 Å². The molecule has 0 radical (unpaired) electrons. The maximum absolute atomic E-state index is 13.2. The molecule has 0 atom stereocenters. The number of likely N-dealkylation sites (N-methyl/N-ethyl adjacent to an activating group) is 1. The van der Waals surface area contributed by atoms with Crippen LogP contribution in [-0.2, 0) is 29.0 Å². The minimum atomic E-state index is -0.868. The number of benzene rings is 2. The summed E-state index contributed by atoms with van der Waals surface area (Å²) in [5.74, 6) is -0.379. The van der Waals surface area contributed by atoms with Gasteiger partial charge < -0.3 is 24.4 Å². The number of pyridine rings is 1. The van der Waals surface area contributed by atoms with E-state index < -0.39 is 5.97 Å². The zero-order chi connectivity index (χ0) is 31.7. The van der Waals surface area contributed by atoms with E-state index in [1.807, 2.05) is 31.2 Å². The molecular formula is C36H48FN3O4. The molecule has 1 saturated heterocycles. The minimum absolute atomic E-state index is 0.0886. The summed E-state index contributed by atoms with van der Waals surface area (Å²) in [6.45, 7) is 16.7. The second-order valence-electron chi connectivity index (χ2n) is 12.4. The Morgan fingerprint density at radius 2 is 1.68 bits per heavy atom. The standard InChI is InChI=1S/C36H48FN3O4/c1-6-39(7-2)21-23-43-25-32-34(28-10-14-30(15-11-28)44-22-16-27-8-12-29(37)13-9-27)35(31(24-33(41)42)26(3)38-32)40-19-17-36(4,5)18-20-40/h8-15H,6-7,16-25H2,1-5H3,(H,41,42). The Bertz CT molecular complexity index is 1360. The first-order chi connectivity index (χ1) is 21.1. The van der Waals surface area contributed by atoms with E-state index >= 15 is 0 Å². The summed E-state index contributed by atoms with van der Waals surface area (Å²) in [6.07, 6.45) is 2.63. The molecule has 1 aliphatic heterocycles. The first kappa shape index (κ1) is 33.4. The Labute approximate surface area is 262 Å². The van der Waals surface area contributed by atoms with Gasteiger partial charge >= 0.3 is 5.97 Å². The van der Waals surface area contributed by atoms with Crippen molar-refractivity contribution in [2.45, 2.75) is 66.9 Å². The number of hydrogen-bond acceptors (Lipinski definition) is 6. The highest BCUT2D eigenvalue weighted by Crippen LogP contribution is 2.42. The zero-order valence-electron chi connectivity index (χ0n) is 27.0. The molecule has 1 N–H and O–H groups in total. The highest BCUT2D eigenvalue weighted by Gasteiger charge is 2.31. The smallest absolute Gasteiger partial charge is 0.307 e. The summed E-state index contributed by atoms with van der Waals surface area (Å²) >= 11 is 0. The van der Waals surface area contributed by atoms with Crippen LogP contribution in [0.1, 0.15) is 63.1 Å². The maximum atomic E-state index is 13.2. The number of halogens is 1. The highest BCUT2D eigenvalue weighted by atomic mass is 19.1. The molecule has 0 aliphatic carbocycles. The van der Waals surface area contributed by atoms with Gasteiger partial charge in [-0.1, -0.05) is 52.0 Å². The lowest BCUT2D eigenvalue weighted by atomic mass is 9.82. The van der Waals surface area contributed by atoms with E-state index in [9.17, 15) is 14.3 Å². The van der Waals surface area contributed by atoms with Crippen LogP contribution in [0, 0.1) is 18.2 Å². The molecule has 0 spiro atoms. The number of carboxylic acid groups (broad SMARTS) is 1. The molecule has 238 valence electrons. The third kappa shape index (κ3) is 9.02. The molecule has 0 bridgehead atoms. The lowest BCUT2D eigenvalue weighted by Gasteiger charge is -2.40. The Kier molecular flexibility index (Phi) is 11.8. The minimum Gasteiger partial charge on any atom is -0.493 e. The van der Waals surface area contributed by atoms with Crippen LogP contribution in [-0.4, -0.2) is 66.9 Å². The quantitative estimate of drug-likeness (QED) is 0.188. The molecule has 1 fully saturated rings. The van der Waals surface area contributed by atoms with Crippen LogP contribution in [0.25, 0.3) is 11.1 Å². The predicted molar refractivity (Wildman–Crippen MR) is 174 cm³/mol. The number of rotatable bonds is 15. The largest absolute Gasteiger partial charge is 0.493 e. The first-order valence-corrected chi connectivity index (χ1v) is 15.9. The van der Waals surface area contributed by atoms with Crippen molar-refractivity contribution < 1.29 is 23.8 Å². The molecule has 44 heavy (non-hydrogen) atoms. The molecule has 2 heterocycles. The summed E-state index contributed by atoms with van der Waals surface area (Å²) in [7, 11) is 0. The summed E-state index contributed by atoms with van der Waals surface area (Å²) in [5.41, 5.74) is 6.43. The molecule has 4 rings (SSSR count). The van der Waals surface area contributed by atoms with Crippen LogP contribution >= 0.6 is 0 Å². The van der Waals surface area contributed by atoms with Crippen molar-refractivity contribution in [2.75, 3.05) is 50.8 Å². The monoisotopic (exact) mass is 605 g/mol. The molecule has 1 aliphatic rings. The fourth-order valence-electron chi connectivity index (χ4n) is 5.80. The Morgan fingerprint density at radius 1 is 1.02 bits per heavy atom. The van der Waals surface area contributed by atoms with E-state index in [0.717, 1.165) is 90.6 Å². The number of aryl methyl sites for hydroxylation is 1. The summed E-state index contributed by atoms with van der Waals surface area (Å²) in [5, 5.41) is 9.90. The van der Waals surface area contributed by atoms with Gasteiger partial charge in [0, 0.05) is 42.9 Å². The van der Waals surface area contributed by atoms with Crippen molar-refractivity contribution >= 4 is 11.7 Å². The molecule has 8 heteroatoms. The van der Waals surface area contributed by atoms with Crippen LogP contribution in [0.3, 0.4) is 0 Å². The highest BCUT2D eigenvalue weighted by molar-refractivity contribution is 5.86. The Balaban J connectivity index is 1.66. The van der Waals surface area contributed by atoms with Gasteiger partial charge in [0.25, 0.3) is 0 Å². The second-order valence-corrected chi connectivity index (χ2v) is 12.4. The maximum Gasteiger partial charge on any atom is 0.307 e. The van der Waals surface area contributed by atoms with Gasteiger partial charge in [0.2, 0.25) is 0 Å². The summed E-state index contributed by atoms with van der Waals surface area (Å²) in [4.78, 5) is 21.7. The number of carbonyl (C=O) groups is 1. The number of carboxylic acids is 1. The average molecular weight is 606 g/mol.